The van der Waals surface area contributed by atoms with Crippen LogP contribution < -0.4 is 10.1 Å². The van der Waals surface area contributed by atoms with Crippen LogP contribution in [0.5, 0.6) is 11.5 Å². The summed E-state index contributed by atoms with van der Waals surface area (Å²) >= 11 is 0. The van der Waals surface area contributed by atoms with Gasteiger partial charge in [-0.1, -0.05) is 66.7 Å². The maximum atomic E-state index is 13.0. The third kappa shape index (κ3) is 5.60. The Morgan fingerprint density at radius 1 is 0.846 bits per heavy atom. The van der Waals surface area contributed by atoms with Crippen molar-refractivity contribution in [3.8, 4) is 22.6 Å². The van der Waals surface area contributed by atoms with E-state index in [1.165, 1.54) is 7.11 Å². The van der Waals surface area contributed by atoms with Gasteiger partial charge in [-0.05, 0) is 79.3 Å². The van der Waals surface area contributed by atoms with Gasteiger partial charge in [0, 0.05) is 12.0 Å². The van der Waals surface area contributed by atoms with Crippen LogP contribution in [0, 0.1) is 0 Å². The largest absolute Gasteiger partial charge is 0.467 e. The fourth-order valence-corrected chi connectivity index (χ4v) is 5.23. The molecule has 39 heavy (non-hydrogen) atoms. The quantitative estimate of drug-likeness (QED) is 0.280. The van der Waals surface area contributed by atoms with E-state index >= 15 is 0 Å². The van der Waals surface area contributed by atoms with Crippen LogP contribution in [0.15, 0.2) is 84.9 Å². The van der Waals surface area contributed by atoms with E-state index in [4.69, 9.17) is 14.2 Å². The van der Waals surface area contributed by atoms with E-state index in [2.05, 4.69) is 41.7 Å². The molecule has 5 rings (SSSR count). The zero-order valence-corrected chi connectivity index (χ0v) is 22.7. The highest BCUT2D eigenvalue weighted by molar-refractivity contribution is 5.98. The molecule has 1 N–H and O–H groups in total. The first-order valence-electron chi connectivity index (χ1n) is 13.1. The van der Waals surface area contributed by atoms with Gasteiger partial charge in [-0.3, -0.25) is 0 Å². The molecule has 1 amide bonds. The number of aryl methyl sites for hydroxylation is 1. The van der Waals surface area contributed by atoms with Crippen LogP contribution >= 0.6 is 0 Å². The summed E-state index contributed by atoms with van der Waals surface area (Å²) < 4.78 is 17.0. The first kappa shape index (κ1) is 26.3. The van der Waals surface area contributed by atoms with Crippen LogP contribution in [-0.2, 0) is 27.1 Å². The normalized spacial score (nSPS) is 16.7. The molecule has 0 saturated heterocycles. The number of hydrogen-bond donors (Lipinski definition) is 1. The summed E-state index contributed by atoms with van der Waals surface area (Å²) in [5.41, 5.74) is 2.20. The van der Waals surface area contributed by atoms with Gasteiger partial charge >= 0.3 is 12.1 Å². The Morgan fingerprint density at radius 2 is 1.56 bits per heavy atom. The maximum Gasteiger partial charge on any atom is 0.408 e. The fraction of sp³-hybridized carbons (Fsp3) is 0.273. The number of hydrogen-bond acceptors (Lipinski definition) is 5. The summed E-state index contributed by atoms with van der Waals surface area (Å²) in [5.74, 6) is 0.890. The van der Waals surface area contributed by atoms with Crippen molar-refractivity contribution in [2.45, 2.75) is 51.2 Å². The molecule has 200 valence electrons. The fourth-order valence-electron chi connectivity index (χ4n) is 5.23. The van der Waals surface area contributed by atoms with Gasteiger partial charge in [0.1, 0.15) is 22.6 Å². The summed E-state index contributed by atoms with van der Waals surface area (Å²) in [5, 5.41) is 5.13. The smallest absolute Gasteiger partial charge is 0.408 e. The minimum Gasteiger partial charge on any atom is -0.467 e. The molecule has 1 atom stereocenters. The predicted molar refractivity (Wildman–Crippen MR) is 152 cm³/mol. The Morgan fingerprint density at radius 3 is 2.36 bits per heavy atom. The number of carbonyl (C=O) groups is 2. The second-order valence-corrected chi connectivity index (χ2v) is 10.9. The van der Waals surface area contributed by atoms with Gasteiger partial charge in [0.25, 0.3) is 0 Å². The molecule has 0 bridgehead atoms. The standard InChI is InChI=1S/C33H33NO5/c1-32(2,3)39-31(36)34-33(30(35)37-4)19-18-22-16-17-25(20-24(22)21-33)38-29-15-8-7-13-28(29)27-14-9-11-23-10-5-6-12-26(23)27/h5-17,20H,18-19,21H2,1-4H3,(H,34,36). The molecule has 6 nitrogen and oxygen atoms in total. The minimum absolute atomic E-state index is 0.274. The molecule has 0 fully saturated rings. The Balaban J connectivity index is 1.45. The van der Waals surface area contributed by atoms with Crippen LogP contribution in [-0.4, -0.2) is 30.3 Å². The first-order chi connectivity index (χ1) is 18.7. The summed E-state index contributed by atoms with van der Waals surface area (Å²) in [6.07, 6.45) is 0.646. The molecule has 0 aliphatic heterocycles. The zero-order chi connectivity index (χ0) is 27.6. The molecule has 4 aromatic rings. The van der Waals surface area contributed by atoms with Crippen molar-refractivity contribution in [3.63, 3.8) is 0 Å². The number of methoxy groups -OCH3 is 1. The molecule has 0 saturated carbocycles. The van der Waals surface area contributed by atoms with Crippen LogP contribution in [0.2, 0.25) is 0 Å². The third-order valence-corrected chi connectivity index (χ3v) is 7.00. The van der Waals surface area contributed by atoms with E-state index in [1.54, 1.807) is 20.8 Å². The average molecular weight is 524 g/mol. The Hall–Kier alpha value is -4.32. The monoisotopic (exact) mass is 523 g/mol. The van der Waals surface area contributed by atoms with Crippen molar-refractivity contribution in [1.82, 2.24) is 5.32 Å². The number of para-hydroxylation sites is 1. The van der Waals surface area contributed by atoms with Crippen LogP contribution in [0.4, 0.5) is 4.79 Å². The summed E-state index contributed by atoms with van der Waals surface area (Å²) in [6, 6.07) is 28.4. The van der Waals surface area contributed by atoms with Gasteiger partial charge in [-0.15, -0.1) is 0 Å². The second-order valence-electron chi connectivity index (χ2n) is 10.9. The summed E-state index contributed by atoms with van der Waals surface area (Å²) in [7, 11) is 1.33. The molecule has 0 aromatic heterocycles. The van der Waals surface area contributed by atoms with Crippen molar-refractivity contribution in [1.29, 1.82) is 0 Å². The number of fused-ring (bicyclic) bond motifs is 2. The van der Waals surface area contributed by atoms with Crippen LogP contribution in [0.1, 0.15) is 38.3 Å². The minimum atomic E-state index is -1.22. The number of alkyl carbamates (subject to hydrolysis) is 1. The van der Waals surface area contributed by atoms with Crippen molar-refractivity contribution in [2.24, 2.45) is 0 Å². The third-order valence-electron chi connectivity index (χ3n) is 7.00. The molecule has 0 spiro atoms. The highest BCUT2D eigenvalue weighted by atomic mass is 16.6. The highest BCUT2D eigenvalue weighted by Crippen LogP contribution is 2.39. The van der Waals surface area contributed by atoms with Crippen molar-refractivity contribution in [2.75, 3.05) is 7.11 Å². The Labute approximate surface area is 228 Å². The Bertz CT molecular complexity index is 1530. The van der Waals surface area contributed by atoms with E-state index in [0.717, 1.165) is 38.8 Å². The first-order valence-corrected chi connectivity index (χ1v) is 13.1. The van der Waals surface area contributed by atoms with Gasteiger partial charge in [0.15, 0.2) is 0 Å². The van der Waals surface area contributed by atoms with E-state index in [0.29, 0.717) is 18.6 Å². The molecule has 1 aliphatic rings. The predicted octanol–water partition coefficient (Wildman–Crippen LogP) is 7.22. The lowest BCUT2D eigenvalue weighted by molar-refractivity contribution is -0.149. The summed E-state index contributed by atoms with van der Waals surface area (Å²) in [4.78, 5) is 25.6. The van der Waals surface area contributed by atoms with E-state index in [9.17, 15) is 9.59 Å². The van der Waals surface area contributed by atoms with Crippen LogP contribution in [0.25, 0.3) is 21.9 Å². The molecule has 0 radical (unpaired) electrons. The Kier molecular flexibility index (Phi) is 7.04. The topological polar surface area (TPSA) is 73.9 Å². The second kappa shape index (κ2) is 10.4. The average Bonchev–Trinajstić information content (AvgIpc) is 2.91. The zero-order valence-electron chi connectivity index (χ0n) is 22.7. The summed E-state index contributed by atoms with van der Waals surface area (Å²) in [6.45, 7) is 5.35. The van der Waals surface area contributed by atoms with E-state index in [-0.39, 0.29) is 6.42 Å². The van der Waals surface area contributed by atoms with Crippen molar-refractivity contribution in [3.05, 3.63) is 96.1 Å². The van der Waals surface area contributed by atoms with Gasteiger partial charge < -0.3 is 19.5 Å². The number of carbonyl (C=O) groups excluding carboxylic acids is 2. The van der Waals surface area contributed by atoms with Crippen LogP contribution in [0.3, 0.4) is 0 Å². The lowest BCUT2D eigenvalue weighted by atomic mass is 9.78. The molecule has 1 aliphatic carbocycles. The van der Waals surface area contributed by atoms with Crippen molar-refractivity contribution < 1.29 is 23.8 Å². The maximum absolute atomic E-state index is 13.0. The number of nitrogens with one attached hydrogen (secondary N) is 1. The molecule has 4 aromatic carbocycles. The highest BCUT2D eigenvalue weighted by Gasteiger charge is 2.45. The molecular formula is C33H33NO5. The van der Waals surface area contributed by atoms with Crippen molar-refractivity contribution >= 4 is 22.8 Å². The lowest BCUT2D eigenvalue weighted by Crippen LogP contribution is -2.59. The van der Waals surface area contributed by atoms with Gasteiger partial charge in [-0.25, -0.2) is 9.59 Å². The molecule has 1 unspecified atom stereocenters. The lowest BCUT2D eigenvalue weighted by Gasteiger charge is -2.36. The van der Waals surface area contributed by atoms with Gasteiger partial charge in [0.05, 0.1) is 7.11 Å². The van der Waals surface area contributed by atoms with E-state index < -0.39 is 23.2 Å². The number of esters is 1. The van der Waals surface area contributed by atoms with Gasteiger partial charge in [-0.2, -0.15) is 0 Å². The number of rotatable bonds is 5. The molecular weight excluding hydrogens is 490 g/mol. The van der Waals surface area contributed by atoms with E-state index in [1.807, 2.05) is 48.5 Å². The SMILES string of the molecule is COC(=O)C1(NC(=O)OC(C)(C)C)CCc2ccc(Oc3ccccc3-c3cccc4ccccc34)cc2C1. The number of amides is 1. The van der Waals surface area contributed by atoms with Gasteiger partial charge in [0.2, 0.25) is 0 Å². The molecule has 6 heteroatoms. The number of benzene rings is 4. The number of ether oxygens (including phenoxy) is 3. The molecule has 0 heterocycles.